The highest BCUT2D eigenvalue weighted by Gasteiger charge is 2.08. The lowest BCUT2D eigenvalue weighted by atomic mass is 10.1. The number of anilines is 1. The maximum absolute atomic E-state index is 10.2. The van der Waals surface area contributed by atoms with Crippen molar-refractivity contribution in [1.29, 1.82) is 0 Å². The van der Waals surface area contributed by atoms with Crippen LogP contribution in [0, 0.1) is 0 Å². The van der Waals surface area contributed by atoms with E-state index >= 15 is 0 Å². The summed E-state index contributed by atoms with van der Waals surface area (Å²) in [6.07, 6.45) is -0.753. The van der Waals surface area contributed by atoms with Gasteiger partial charge in [0.15, 0.2) is 17.5 Å². The molecule has 0 radical (unpaired) electrons. The standard InChI is InChI=1S/C18H23N3O4/c1-23-14-7-4-12(5-8-14)15(22)11-20-18(19)21-13-6-9-16(24-2)17(10-13)25-3/h4-10,15,22H,11H2,1-3H3,(H3,19,20,21). The van der Waals surface area contributed by atoms with Crippen LogP contribution in [0.15, 0.2) is 47.5 Å². The van der Waals surface area contributed by atoms with Gasteiger partial charge in [-0.05, 0) is 29.8 Å². The zero-order valence-electron chi connectivity index (χ0n) is 14.5. The van der Waals surface area contributed by atoms with E-state index in [9.17, 15) is 5.11 Å². The van der Waals surface area contributed by atoms with Crippen molar-refractivity contribution in [1.82, 2.24) is 0 Å². The van der Waals surface area contributed by atoms with Gasteiger partial charge in [0.25, 0.3) is 0 Å². The Morgan fingerprint density at radius 2 is 1.72 bits per heavy atom. The monoisotopic (exact) mass is 345 g/mol. The highest BCUT2D eigenvalue weighted by Crippen LogP contribution is 2.29. The predicted octanol–water partition coefficient (Wildman–Crippen LogP) is 2.17. The van der Waals surface area contributed by atoms with Gasteiger partial charge in [-0.2, -0.15) is 0 Å². The molecule has 2 aromatic rings. The summed E-state index contributed by atoms with van der Waals surface area (Å²) in [7, 11) is 4.72. The lowest BCUT2D eigenvalue weighted by molar-refractivity contribution is 0.187. The molecule has 0 bridgehead atoms. The molecule has 2 rings (SSSR count). The third-order valence-corrected chi connectivity index (χ3v) is 3.59. The second-order valence-corrected chi connectivity index (χ2v) is 5.21. The number of hydrogen-bond acceptors (Lipinski definition) is 5. The van der Waals surface area contributed by atoms with Gasteiger partial charge in [-0.3, -0.25) is 4.99 Å². The summed E-state index contributed by atoms with van der Waals surface area (Å²) in [5.74, 6) is 2.13. The van der Waals surface area contributed by atoms with E-state index in [2.05, 4.69) is 10.3 Å². The van der Waals surface area contributed by atoms with E-state index < -0.39 is 6.10 Å². The van der Waals surface area contributed by atoms with Gasteiger partial charge in [-0.1, -0.05) is 12.1 Å². The molecule has 1 atom stereocenters. The maximum Gasteiger partial charge on any atom is 0.193 e. The average Bonchev–Trinajstić information content (AvgIpc) is 2.66. The number of guanidine groups is 1. The van der Waals surface area contributed by atoms with Gasteiger partial charge in [0.1, 0.15) is 5.75 Å². The normalized spacial score (nSPS) is 12.4. The first-order valence-corrected chi connectivity index (χ1v) is 7.68. The fourth-order valence-corrected chi connectivity index (χ4v) is 2.22. The molecule has 7 nitrogen and oxygen atoms in total. The van der Waals surface area contributed by atoms with Gasteiger partial charge in [-0.25, -0.2) is 0 Å². The van der Waals surface area contributed by atoms with Gasteiger partial charge >= 0.3 is 0 Å². The molecule has 0 aliphatic heterocycles. The molecule has 0 fully saturated rings. The minimum absolute atomic E-state index is 0.137. The van der Waals surface area contributed by atoms with Gasteiger partial charge in [0.2, 0.25) is 0 Å². The molecule has 0 aliphatic carbocycles. The Morgan fingerprint density at radius 1 is 1.04 bits per heavy atom. The first-order chi connectivity index (χ1) is 12.1. The van der Waals surface area contributed by atoms with Crippen molar-refractivity contribution < 1.29 is 19.3 Å². The van der Waals surface area contributed by atoms with Crippen LogP contribution in [0.5, 0.6) is 17.2 Å². The number of aliphatic hydroxyl groups excluding tert-OH is 1. The smallest absolute Gasteiger partial charge is 0.193 e. The molecule has 25 heavy (non-hydrogen) atoms. The number of rotatable bonds is 7. The number of benzene rings is 2. The van der Waals surface area contributed by atoms with E-state index in [4.69, 9.17) is 19.9 Å². The van der Waals surface area contributed by atoms with Crippen LogP contribution in [0.1, 0.15) is 11.7 Å². The molecule has 0 aromatic heterocycles. The molecule has 0 saturated heterocycles. The number of nitrogens with two attached hydrogens (primary N) is 1. The number of hydrogen-bond donors (Lipinski definition) is 3. The molecule has 1 unspecified atom stereocenters. The maximum atomic E-state index is 10.2. The Morgan fingerprint density at radius 3 is 2.32 bits per heavy atom. The Kier molecular flexibility index (Phi) is 6.47. The molecule has 0 amide bonds. The summed E-state index contributed by atoms with van der Waals surface area (Å²) < 4.78 is 15.5. The van der Waals surface area contributed by atoms with Gasteiger partial charge < -0.3 is 30.4 Å². The van der Waals surface area contributed by atoms with E-state index in [0.717, 1.165) is 11.3 Å². The summed E-state index contributed by atoms with van der Waals surface area (Å²) >= 11 is 0. The lowest BCUT2D eigenvalue weighted by Crippen LogP contribution is -2.23. The molecule has 2 aromatic carbocycles. The summed E-state index contributed by atoms with van der Waals surface area (Å²) in [6.45, 7) is 0.137. The molecule has 134 valence electrons. The van der Waals surface area contributed by atoms with E-state index in [0.29, 0.717) is 17.2 Å². The Hall–Kier alpha value is -2.93. The second-order valence-electron chi connectivity index (χ2n) is 5.21. The predicted molar refractivity (Wildman–Crippen MR) is 97.6 cm³/mol. The van der Waals surface area contributed by atoms with Crippen molar-refractivity contribution in [3.8, 4) is 17.2 Å². The van der Waals surface area contributed by atoms with Crippen LogP contribution in [0.25, 0.3) is 0 Å². The Balaban J connectivity index is 1.98. The lowest BCUT2D eigenvalue weighted by Gasteiger charge is -2.12. The van der Waals surface area contributed by atoms with Crippen LogP contribution < -0.4 is 25.3 Å². The first-order valence-electron chi connectivity index (χ1n) is 7.68. The van der Waals surface area contributed by atoms with Crippen molar-refractivity contribution in [2.75, 3.05) is 33.2 Å². The van der Waals surface area contributed by atoms with Crippen molar-refractivity contribution in [3.05, 3.63) is 48.0 Å². The quantitative estimate of drug-likeness (QED) is 0.525. The molecule has 7 heteroatoms. The minimum atomic E-state index is -0.753. The van der Waals surface area contributed by atoms with Crippen LogP contribution >= 0.6 is 0 Å². The van der Waals surface area contributed by atoms with Gasteiger partial charge in [0.05, 0.1) is 34.0 Å². The summed E-state index contributed by atoms with van der Waals surface area (Å²) in [6, 6.07) is 12.5. The molecular weight excluding hydrogens is 322 g/mol. The molecule has 0 spiro atoms. The fourth-order valence-electron chi connectivity index (χ4n) is 2.22. The van der Waals surface area contributed by atoms with Crippen molar-refractivity contribution >= 4 is 11.6 Å². The highest BCUT2D eigenvalue weighted by molar-refractivity contribution is 5.92. The molecule has 0 aliphatic rings. The van der Waals surface area contributed by atoms with Crippen LogP contribution in [-0.4, -0.2) is 38.9 Å². The minimum Gasteiger partial charge on any atom is -0.497 e. The Bertz CT molecular complexity index is 717. The molecule has 0 saturated carbocycles. The second kappa shape index (κ2) is 8.79. The third-order valence-electron chi connectivity index (χ3n) is 3.59. The van der Waals surface area contributed by atoms with Crippen LogP contribution in [0.2, 0.25) is 0 Å². The number of aliphatic imine (C=N–C) groups is 1. The van der Waals surface area contributed by atoms with Crippen LogP contribution in [0.3, 0.4) is 0 Å². The van der Waals surface area contributed by atoms with Gasteiger partial charge in [0, 0.05) is 11.8 Å². The zero-order chi connectivity index (χ0) is 18.2. The zero-order valence-corrected chi connectivity index (χ0v) is 14.5. The number of aliphatic hydroxyl groups is 1. The SMILES string of the molecule is COc1ccc(C(O)CN=C(N)Nc2ccc(OC)c(OC)c2)cc1. The van der Waals surface area contributed by atoms with E-state index in [1.54, 1.807) is 63.8 Å². The van der Waals surface area contributed by atoms with Crippen LogP contribution in [0.4, 0.5) is 5.69 Å². The van der Waals surface area contributed by atoms with Crippen LogP contribution in [-0.2, 0) is 0 Å². The molecular formula is C18H23N3O4. The summed E-state index contributed by atoms with van der Waals surface area (Å²) in [5.41, 5.74) is 7.32. The van der Waals surface area contributed by atoms with E-state index in [1.807, 2.05) is 0 Å². The number of nitrogens with zero attached hydrogens (tertiary/aromatic N) is 1. The molecule has 4 N–H and O–H groups in total. The summed E-state index contributed by atoms with van der Waals surface area (Å²) in [5, 5.41) is 13.1. The molecule has 0 heterocycles. The van der Waals surface area contributed by atoms with Crippen molar-refractivity contribution in [2.45, 2.75) is 6.10 Å². The number of nitrogens with one attached hydrogen (secondary N) is 1. The fraction of sp³-hybridized carbons (Fsp3) is 0.278. The third kappa shape index (κ3) is 5.02. The van der Waals surface area contributed by atoms with Crippen molar-refractivity contribution in [2.24, 2.45) is 10.7 Å². The first kappa shape index (κ1) is 18.4. The van der Waals surface area contributed by atoms with Crippen molar-refractivity contribution in [3.63, 3.8) is 0 Å². The van der Waals surface area contributed by atoms with E-state index in [-0.39, 0.29) is 12.5 Å². The number of methoxy groups -OCH3 is 3. The summed E-state index contributed by atoms with van der Waals surface area (Å²) in [4.78, 5) is 4.17. The Labute approximate surface area is 147 Å². The highest BCUT2D eigenvalue weighted by atomic mass is 16.5. The number of ether oxygens (including phenoxy) is 3. The van der Waals surface area contributed by atoms with E-state index in [1.165, 1.54) is 0 Å². The van der Waals surface area contributed by atoms with Gasteiger partial charge in [-0.15, -0.1) is 0 Å². The largest absolute Gasteiger partial charge is 0.497 e. The topological polar surface area (TPSA) is 98.3 Å². The average molecular weight is 345 g/mol.